The highest BCUT2D eigenvalue weighted by Crippen LogP contribution is 2.44. The predicted octanol–water partition coefficient (Wildman–Crippen LogP) is 14.9. The molecular formula is C52H35NO. The van der Waals surface area contributed by atoms with Crippen molar-refractivity contribution in [3.63, 3.8) is 0 Å². The molecule has 0 N–H and O–H groups in total. The molecule has 2 nitrogen and oxygen atoms in total. The minimum atomic E-state index is 0.901. The third-order valence-electron chi connectivity index (χ3n) is 10.5. The number of benzene rings is 9. The van der Waals surface area contributed by atoms with E-state index in [9.17, 15) is 0 Å². The Morgan fingerprint density at radius 3 is 1.39 bits per heavy atom. The van der Waals surface area contributed by atoms with Crippen LogP contribution in [0, 0.1) is 0 Å². The molecule has 0 atom stereocenters. The summed E-state index contributed by atoms with van der Waals surface area (Å²) < 4.78 is 6.86. The first-order chi connectivity index (χ1) is 26.8. The summed E-state index contributed by atoms with van der Waals surface area (Å²) in [6.45, 7) is 0. The van der Waals surface area contributed by atoms with Gasteiger partial charge in [-0.3, -0.25) is 0 Å². The molecule has 9 aromatic carbocycles. The SMILES string of the molecule is c1ccc(-c2ccc(N(c3ccc(-c4cccc5c4oc4c6ccccc6c(-c6ccccc6)cc54)cc3)c3ccccc3-c3ccccc3)cc2)cc1. The summed E-state index contributed by atoms with van der Waals surface area (Å²) in [4.78, 5) is 2.36. The second-order valence-electron chi connectivity index (χ2n) is 13.7. The molecule has 0 radical (unpaired) electrons. The number of hydrogen-bond donors (Lipinski definition) is 0. The maximum Gasteiger partial charge on any atom is 0.143 e. The molecule has 1 aromatic heterocycles. The van der Waals surface area contributed by atoms with Gasteiger partial charge in [0, 0.05) is 38.7 Å². The van der Waals surface area contributed by atoms with E-state index in [1.807, 2.05) is 0 Å². The highest BCUT2D eigenvalue weighted by Gasteiger charge is 2.20. The van der Waals surface area contributed by atoms with Gasteiger partial charge in [-0.05, 0) is 75.2 Å². The highest BCUT2D eigenvalue weighted by molar-refractivity contribution is 6.20. The molecule has 0 spiro atoms. The molecule has 0 amide bonds. The molecule has 2 heteroatoms. The number of hydrogen-bond acceptors (Lipinski definition) is 2. The van der Waals surface area contributed by atoms with Crippen LogP contribution >= 0.6 is 0 Å². The van der Waals surface area contributed by atoms with Crippen LogP contribution in [0.4, 0.5) is 17.1 Å². The first-order valence-corrected chi connectivity index (χ1v) is 18.4. The van der Waals surface area contributed by atoms with Crippen molar-refractivity contribution in [3.8, 4) is 44.5 Å². The minimum absolute atomic E-state index is 0.901. The summed E-state index contributed by atoms with van der Waals surface area (Å²) in [6.07, 6.45) is 0. The molecule has 0 aliphatic carbocycles. The van der Waals surface area contributed by atoms with Gasteiger partial charge in [0.1, 0.15) is 11.2 Å². The lowest BCUT2D eigenvalue weighted by molar-refractivity contribution is 0.674. The molecule has 254 valence electrons. The molecule has 10 aromatic rings. The number of anilines is 3. The van der Waals surface area contributed by atoms with E-state index in [2.05, 4.69) is 217 Å². The van der Waals surface area contributed by atoms with E-state index >= 15 is 0 Å². The zero-order chi connectivity index (χ0) is 35.8. The average Bonchev–Trinajstić information content (AvgIpc) is 3.64. The van der Waals surface area contributed by atoms with Gasteiger partial charge < -0.3 is 9.32 Å². The Balaban J connectivity index is 1.10. The van der Waals surface area contributed by atoms with Crippen LogP contribution in [-0.4, -0.2) is 0 Å². The van der Waals surface area contributed by atoms with E-state index in [4.69, 9.17) is 4.42 Å². The van der Waals surface area contributed by atoms with Crippen LogP contribution in [0.3, 0.4) is 0 Å². The lowest BCUT2D eigenvalue weighted by Gasteiger charge is -2.28. The third-order valence-corrected chi connectivity index (χ3v) is 10.5. The van der Waals surface area contributed by atoms with Gasteiger partial charge in [-0.1, -0.05) is 176 Å². The molecule has 0 bridgehead atoms. The van der Waals surface area contributed by atoms with Crippen molar-refractivity contribution in [2.75, 3.05) is 4.90 Å². The molecule has 0 fully saturated rings. The van der Waals surface area contributed by atoms with Gasteiger partial charge in [0.05, 0.1) is 5.69 Å². The summed E-state index contributed by atoms with van der Waals surface area (Å²) in [6, 6.07) is 75.6. The van der Waals surface area contributed by atoms with Crippen LogP contribution < -0.4 is 4.90 Å². The number of furan rings is 1. The highest BCUT2D eigenvalue weighted by atomic mass is 16.3. The summed E-state index contributed by atoms with van der Waals surface area (Å²) in [7, 11) is 0. The number of fused-ring (bicyclic) bond motifs is 5. The Morgan fingerprint density at radius 1 is 0.278 bits per heavy atom. The first kappa shape index (κ1) is 31.6. The van der Waals surface area contributed by atoms with Crippen molar-refractivity contribution < 1.29 is 4.42 Å². The molecule has 1 heterocycles. The Bertz CT molecular complexity index is 2890. The van der Waals surface area contributed by atoms with Crippen LogP contribution in [0.25, 0.3) is 77.2 Å². The maximum absolute atomic E-state index is 6.86. The van der Waals surface area contributed by atoms with E-state index in [1.54, 1.807) is 0 Å². The van der Waals surface area contributed by atoms with Crippen molar-refractivity contribution >= 4 is 49.8 Å². The van der Waals surface area contributed by atoms with Crippen LogP contribution in [0.1, 0.15) is 0 Å². The van der Waals surface area contributed by atoms with Gasteiger partial charge in [-0.2, -0.15) is 0 Å². The summed E-state index contributed by atoms with van der Waals surface area (Å²) in [5.74, 6) is 0. The molecule has 10 rings (SSSR count). The van der Waals surface area contributed by atoms with Gasteiger partial charge in [0.15, 0.2) is 0 Å². The Hall–Kier alpha value is -7.16. The molecule has 0 aliphatic heterocycles. The number of para-hydroxylation sites is 2. The second kappa shape index (κ2) is 13.4. The summed E-state index contributed by atoms with van der Waals surface area (Å²) in [5, 5.41) is 4.56. The zero-order valence-electron chi connectivity index (χ0n) is 29.6. The first-order valence-electron chi connectivity index (χ1n) is 18.4. The predicted molar refractivity (Wildman–Crippen MR) is 228 cm³/mol. The Morgan fingerprint density at radius 2 is 0.722 bits per heavy atom. The van der Waals surface area contributed by atoms with Gasteiger partial charge >= 0.3 is 0 Å². The molecule has 0 aliphatic rings. The number of rotatable bonds is 7. The van der Waals surface area contributed by atoms with Gasteiger partial charge in [0.25, 0.3) is 0 Å². The quantitative estimate of drug-likeness (QED) is 0.166. The van der Waals surface area contributed by atoms with Crippen LogP contribution in [-0.2, 0) is 0 Å². The maximum atomic E-state index is 6.86. The fraction of sp³-hybridized carbons (Fsp3) is 0. The van der Waals surface area contributed by atoms with Crippen molar-refractivity contribution in [1.82, 2.24) is 0 Å². The second-order valence-corrected chi connectivity index (χ2v) is 13.7. The molecule has 0 saturated carbocycles. The van der Waals surface area contributed by atoms with Crippen LogP contribution in [0.5, 0.6) is 0 Å². The van der Waals surface area contributed by atoms with E-state index in [1.165, 1.54) is 38.8 Å². The molecule has 0 saturated heterocycles. The molecule has 0 unspecified atom stereocenters. The van der Waals surface area contributed by atoms with Crippen molar-refractivity contribution in [3.05, 3.63) is 212 Å². The fourth-order valence-electron chi connectivity index (χ4n) is 7.89. The molecule has 54 heavy (non-hydrogen) atoms. The third kappa shape index (κ3) is 5.53. The smallest absolute Gasteiger partial charge is 0.143 e. The van der Waals surface area contributed by atoms with E-state index in [0.717, 1.165) is 55.5 Å². The number of nitrogens with zero attached hydrogens (tertiary/aromatic N) is 1. The summed E-state index contributed by atoms with van der Waals surface area (Å²) in [5.41, 5.74) is 14.4. The van der Waals surface area contributed by atoms with Crippen molar-refractivity contribution in [2.24, 2.45) is 0 Å². The van der Waals surface area contributed by atoms with Crippen molar-refractivity contribution in [2.45, 2.75) is 0 Å². The summed E-state index contributed by atoms with van der Waals surface area (Å²) >= 11 is 0. The van der Waals surface area contributed by atoms with Gasteiger partial charge in [-0.15, -0.1) is 0 Å². The van der Waals surface area contributed by atoms with Gasteiger partial charge in [-0.25, -0.2) is 0 Å². The van der Waals surface area contributed by atoms with E-state index < -0.39 is 0 Å². The topological polar surface area (TPSA) is 16.4 Å². The Labute approximate surface area is 314 Å². The van der Waals surface area contributed by atoms with Gasteiger partial charge in [0.2, 0.25) is 0 Å². The van der Waals surface area contributed by atoms with Crippen molar-refractivity contribution in [1.29, 1.82) is 0 Å². The Kier molecular flexibility index (Phi) is 7.85. The largest absolute Gasteiger partial charge is 0.455 e. The standard InChI is InChI=1S/C52H35NO/c1-4-15-36(16-5-1)37-27-31-41(32-28-37)53(50-26-13-12-21-43(50)38-17-6-2-7-18-38)42-33-29-40(30-34-42)44-24-14-25-47-49-35-48(39-19-8-3-9-20-39)45-22-10-11-23-46(45)52(49)54-51(44)47/h1-35H. The van der Waals surface area contributed by atoms with Crippen LogP contribution in [0.2, 0.25) is 0 Å². The molecular weight excluding hydrogens is 655 g/mol. The van der Waals surface area contributed by atoms with E-state index in [0.29, 0.717) is 0 Å². The monoisotopic (exact) mass is 689 g/mol. The lowest BCUT2D eigenvalue weighted by Crippen LogP contribution is -2.11. The minimum Gasteiger partial charge on any atom is -0.455 e. The van der Waals surface area contributed by atoms with Crippen LogP contribution in [0.15, 0.2) is 217 Å². The fourth-order valence-corrected chi connectivity index (χ4v) is 7.89. The normalized spacial score (nSPS) is 11.3. The van der Waals surface area contributed by atoms with E-state index in [-0.39, 0.29) is 0 Å². The lowest BCUT2D eigenvalue weighted by atomic mass is 9.95. The zero-order valence-corrected chi connectivity index (χ0v) is 29.6. The average molecular weight is 690 g/mol.